The molecule has 3 aromatic rings. The number of nitrogens with one attached hydrogen (secondary N) is 2. The lowest BCUT2D eigenvalue weighted by Gasteiger charge is -2.07. The van der Waals surface area contributed by atoms with Crippen LogP contribution in [0.2, 0.25) is 0 Å². The zero-order valence-corrected chi connectivity index (χ0v) is 13.3. The smallest absolute Gasteiger partial charge is 0.255 e. The molecule has 0 aliphatic carbocycles. The number of amides is 1. The molecule has 0 bridgehead atoms. The van der Waals surface area contributed by atoms with E-state index in [0.29, 0.717) is 28.3 Å². The molecule has 2 N–H and O–H groups in total. The van der Waals surface area contributed by atoms with Crippen molar-refractivity contribution in [2.24, 2.45) is 7.05 Å². The minimum Gasteiger partial charge on any atom is -0.323 e. The van der Waals surface area contributed by atoms with Crippen molar-refractivity contribution in [2.75, 3.05) is 5.32 Å². The number of hydrogen-bond donors (Lipinski definition) is 2. The van der Waals surface area contributed by atoms with Crippen LogP contribution in [0.4, 0.5) is 5.69 Å². The number of hydrogen-bond acceptors (Lipinski definition) is 5. The van der Waals surface area contributed by atoms with Crippen LogP contribution in [-0.4, -0.2) is 30.6 Å². The summed E-state index contributed by atoms with van der Waals surface area (Å²) < 4.78 is 1.58. The second kappa shape index (κ2) is 6.45. The SMILES string of the molecule is Cc1nc(-c2cccnc2)[nH]c(=O)c1CC(=O)Nc1cnn(C)c1. The number of pyridine rings is 1. The van der Waals surface area contributed by atoms with Gasteiger partial charge < -0.3 is 10.3 Å². The van der Waals surface area contributed by atoms with Gasteiger partial charge >= 0.3 is 0 Å². The van der Waals surface area contributed by atoms with E-state index >= 15 is 0 Å². The molecule has 0 aliphatic rings. The number of H-pyrrole nitrogens is 1. The average molecular weight is 324 g/mol. The maximum Gasteiger partial charge on any atom is 0.255 e. The summed E-state index contributed by atoms with van der Waals surface area (Å²) in [7, 11) is 1.76. The minimum atomic E-state index is -0.331. The lowest BCUT2D eigenvalue weighted by atomic mass is 10.1. The van der Waals surface area contributed by atoms with Crippen LogP contribution in [0.5, 0.6) is 0 Å². The average Bonchev–Trinajstić information content (AvgIpc) is 2.96. The van der Waals surface area contributed by atoms with Crippen LogP contribution in [0.15, 0.2) is 41.7 Å². The predicted octanol–water partition coefficient (Wildman–Crippen LogP) is 1.06. The maximum absolute atomic E-state index is 12.3. The molecule has 3 aromatic heterocycles. The highest BCUT2D eigenvalue weighted by atomic mass is 16.2. The van der Waals surface area contributed by atoms with E-state index in [1.54, 1.807) is 55.6 Å². The van der Waals surface area contributed by atoms with Gasteiger partial charge in [0.25, 0.3) is 5.56 Å². The zero-order chi connectivity index (χ0) is 17.1. The van der Waals surface area contributed by atoms with Gasteiger partial charge in [-0.05, 0) is 19.1 Å². The highest BCUT2D eigenvalue weighted by Crippen LogP contribution is 2.13. The molecule has 0 saturated carbocycles. The van der Waals surface area contributed by atoms with E-state index in [9.17, 15) is 9.59 Å². The molecule has 8 heteroatoms. The van der Waals surface area contributed by atoms with Gasteiger partial charge in [0, 0.05) is 42.5 Å². The van der Waals surface area contributed by atoms with Crippen LogP contribution in [0.25, 0.3) is 11.4 Å². The highest BCUT2D eigenvalue weighted by molar-refractivity contribution is 5.92. The fourth-order valence-corrected chi connectivity index (χ4v) is 2.31. The summed E-state index contributed by atoms with van der Waals surface area (Å²) in [5.41, 5.74) is 1.81. The molecule has 0 atom stereocenters. The normalized spacial score (nSPS) is 10.6. The topological polar surface area (TPSA) is 106 Å². The fraction of sp³-hybridized carbons (Fsp3) is 0.188. The van der Waals surface area contributed by atoms with Crippen molar-refractivity contribution in [1.82, 2.24) is 24.7 Å². The van der Waals surface area contributed by atoms with Crippen molar-refractivity contribution in [3.05, 3.63) is 58.5 Å². The lowest BCUT2D eigenvalue weighted by Crippen LogP contribution is -2.23. The summed E-state index contributed by atoms with van der Waals surface area (Å²) in [6.45, 7) is 1.71. The molecule has 3 heterocycles. The van der Waals surface area contributed by atoms with Crippen molar-refractivity contribution in [1.29, 1.82) is 0 Å². The second-order valence-electron chi connectivity index (χ2n) is 5.35. The summed E-state index contributed by atoms with van der Waals surface area (Å²) in [4.78, 5) is 35.5. The van der Waals surface area contributed by atoms with E-state index < -0.39 is 0 Å². The Balaban J connectivity index is 1.81. The van der Waals surface area contributed by atoms with Crippen molar-refractivity contribution in [3.63, 3.8) is 0 Å². The molecule has 0 unspecified atom stereocenters. The molecule has 0 fully saturated rings. The summed E-state index contributed by atoms with van der Waals surface area (Å²) in [5, 5.41) is 6.67. The molecule has 122 valence electrons. The number of aromatic amines is 1. The third-order valence-electron chi connectivity index (χ3n) is 3.48. The number of anilines is 1. The number of aromatic nitrogens is 5. The Morgan fingerprint density at radius 3 is 2.83 bits per heavy atom. The maximum atomic E-state index is 12.3. The zero-order valence-electron chi connectivity index (χ0n) is 13.3. The molecule has 0 radical (unpaired) electrons. The van der Waals surface area contributed by atoms with Gasteiger partial charge in [-0.1, -0.05) is 0 Å². The van der Waals surface area contributed by atoms with Crippen LogP contribution < -0.4 is 10.9 Å². The van der Waals surface area contributed by atoms with E-state index in [2.05, 4.69) is 25.4 Å². The van der Waals surface area contributed by atoms with Gasteiger partial charge in [0.15, 0.2) is 0 Å². The molecule has 0 spiro atoms. The van der Waals surface area contributed by atoms with Gasteiger partial charge in [-0.15, -0.1) is 0 Å². The van der Waals surface area contributed by atoms with E-state index in [1.807, 2.05) is 0 Å². The monoisotopic (exact) mass is 324 g/mol. The summed E-state index contributed by atoms with van der Waals surface area (Å²) in [6.07, 6.45) is 6.42. The van der Waals surface area contributed by atoms with Crippen molar-refractivity contribution in [2.45, 2.75) is 13.3 Å². The van der Waals surface area contributed by atoms with E-state index in [1.165, 1.54) is 0 Å². The lowest BCUT2D eigenvalue weighted by molar-refractivity contribution is -0.115. The van der Waals surface area contributed by atoms with Gasteiger partial charge in [0.05, 0.1) is 18.3 Å². The third-order valence-corrected chi connectivity index (χ3v) is 3.48. The predicted molar refractivity (Wildman–Crippen MR) is 88.4 cm³/mol. The molecule has 8 nitrogen and oxygen atoms in total. The Bertz CT molecular complexity index is 929. The fourth-order valence-electron chi connectivity index (χ4n) is 2.31. The second-order valence-corrected chi connectivity index (χ2v) is 5.35. The summed E-state index contributed by atoms with van der Waals surface area (Å²) in [6, 6.07) is 3.57. The molecule has 3 rings (SSSR count). The van der Waals surface area contributed by atoms with Crippen molar-refractivity contribution < 1.29 is 4.79 Å². The standard InChI is InChI=1S/C16H16N6O2/c1-10-13(6-14(23)20-12-8-18-22(2)9-12)16(24)21-15(19-10)11-4-3-5-17-7-11/h3-5,7-9H,6H2,1-2H3,(H,20,23)(H,19,21,24). The minimum absolute atomic E-state index is 0.0591. The Labute approximate surface area is 137 Å². The first kappa shape index (κ1) is 15.6. The Morgan fingerprint density at radius 2 is 2.21 bits per heavy atom. The highest BCUT2D eigenvalue weighted by Gasteiger charge is 2.14. The number of rotatable bonds is 4. The van der Waals surface area contributed by atoms with Crippen LogP contribution in [0.3, 0.4) is 0 Å². The van der Waals surface area contributed by atoms with Crippen molar-refractivity contribution >= 4 is 11.6 Å². The quantitative estimate of drug-likeness (QED) is 0.746. The van der Waals surface area contributed by atoms with Gasteiger partial charge in [-0.2, -0.15) is 5.10 Å². The van der Waals surface area contributed by atoms with Gasteiger partial charge in [0.2, 0.25) is 5.91 Å². The molecule has 0 aliphatic heterocycles. The van der Waals surface area contributed by atoms with Gasteiger partial charge in [-0.3, -0.25) is 19.3 Å². The van der Waals surface area contributed by atoms with Crippen molar-refractivity contribution in [3.8, 4) is 11.4 Å². The third kappa shape index (κ3) is 3.37. The van der Waals surface area contributed by atoms with E-state index in [0.717, 1.165) is 0 Å². The van der Waals surface area contributed by atoms with E-state index in [4.69, 9.17) is 0 Å². The van der Waals surface area contributed by atoms with Crippen LogP contribution in [0, 0.1) is 6.92 Å². The van der Waals surface area contributed by atoms with Crippen LogP contribution in [0.1, 0.15) is 11.3 Å². The molecular formula is C16H16N6O2. The first-order valence-electron chi connectivity index (χ1n) is 7.31. The van der Waals surface area contributed by atoms with Crippen LogP contribution >= 0.6 is 0 Å². The largest absolute Gasteiger partial charge is 0.323 e. The number of nitrogens with zero attached hydrogens (tertiary/aromatic N) is 4. The Kier molecular flexibility index (Phi) is 4.19. The molecule has 0 aromatic carbocycles. The number of carbonyl (C=O) groups excluding carboxylic acids is 1. The summed E-state index contributed by atoms with van der Waals surface area (Å²) in [5.74, 6) is 0.134. The first-order chi connectivity index (χ1) is 11.5. The van der Waals surface area contributed by atoms with E-state index in [-0.39, 0.29) is 17.9 Å². The number of carbonyl (C=O) groups is 1. The van der Waals surface area contributed by atoms with Gasteiger partial charge in [-0.25, -0.2) is 4.98 Å². The molecule has 1 amide bonds. The Hall–Kier alpha value is -3.29. The summed E-state index contributed by atoms with van der Waals surface area (Å²) >= 11 is 0. The Morgan fingerprint density at radius 1 is 1.38 bits per heavy atom. The molecule has 24 heavy (non-hydrogen) atoms. The molecule has 0 saturated heterocycles. The van der Waals surface area contributed by atoms with Crippen LogP contribution in [-0.2, 0) is 18.3 Å². The molecular weight excluding hydrogens is 308 g/mol. The first-order valence-corrected chi connectivity index (χ1v) is 7.31. The number of aryl methyl sites for hydroxylation is 2. The van der Waals surface area contributed by atoms with Gasteiger partial charge in [0.1, 0.15) is 5.82 Å².